The van der Waals surface area contributed by atoms with Crippen molar-refractivity contribution in [3.05, 3.63) is 109 Å². The highest BCUT2D eigenvalue weighted by Gasteiger charge is 2.23. The number of fused-ring (bicyclic) bond motifs is 6. The normalized spacial score (nSPS) is 14.2. The van der Waals surface area contributed by atoms with Crippen molar-refractivity contribution in [2.24, 2.45) is 0 Å². The van der Waals surface area contributed by atoms with E-state index >= 15 is 0 Å². The summed E-state index contributed by atoms with van der Waals surface area (Å²) in [5.41, 5.74) is 2.63. The fourth-order valence-electron chi connectivity index (χ4n) is 5.49. The first-order valence-electron chi connectivity index (χ1n) is 11.7. The zero-order valence-corrected chi connectivity index (χ0v) is 18.4. The minimum atomic E-state index is 0.901. The Kier molecular flexibility index (Phi) is 4.07. The van der Waals surface area contributed by atoms with Crippen molar-refractivity contribution in [3.63, 3.8) is 0 Å². The summed E-state index contributed by atoms with van der Waals surface area (Å²) in [5.74, 6) is 0. The van der Waals surface area contributed by atoms with Gasteiger partial charge in [0.15, 0.2) is 0 Å². The summed E-state index contributed by atoms with van der Waals surface area (Å²) in [6.07, 6.45) is 0. The Morgan fingerprint density at radius 3 is 1.91 bits per heavy atom. The van der Waals surface area contributed by atoms with Crippen LogP contribution in [0.1, 0.15) is 0 Å². The summed E-state index contributed by atoms with van der Waals surface area (Å²) in [4.78, 5) is 5.03. The zero-order valence-electron chi connectivity index (χ0n) is 18.4. The van der Waals surface area contributed by atoms with Crippen molar-refractivity contribution in [3.8, 4) is 0 Å². The third-order valence-electron chi connectivity index (χ3n) is 7.16. The van der Waals surface area contributed by atoms with E-state index in [1.54, 1.807) is 0 Å². The van der Waals surface area contributed by atoms with Gasteiger partial charge in [-0.3, -0.25) is 0 Å². The van der Waals surface area contributed by atoms with Crippen LogP contribution in [0.2, 0.25) is 0 Å². The summed E-state index contributed by atoms with van der Waals surface area (Å²) < 4.78 is 0. The van der Waals surface area contributed by atoms with Crippen LogP contribution in [0.5, 0.6) is 0 Å². The third kappa shape index (κ3) is 2.95. The molecule has 1 heterocycles. The van der Waals surface area contributed by atoms with Gasteiger partial charge in [-0.1, -0.05) is 91.0 Å². The van der Waals surface area contributed by atoms with Gasteiger partial charge in [0.05, 0.1) is 6.67 Å². The quantitative estimate of drug-likeness (QED) is 0.264. The first-order valence-corrected chi connectivity index (χ1v) is 11.7. The lowest BCUT2D eigenvalue weighted by molar-refractivity contribution is 0.954. The molecule has 7 rings (SSSR count). The van der Waals surface area contributed by atoms with Crippen LogP contribution in [0, 0.1) is 0 Å². The predicted octanol–water partition coefficient (Wildman–Crippen LogP) is 7.58. The van der Waals surface area contributed by atoms with Crippen molar-refractivity contribution in [2.75, 3.05) is 29.6 Å². The number of nitrogens with zero attached hydrogens (tertiary/aromatic N) is 2. The lowest BCUT2D eigenvalue weighted by Crippen LogP contribution is -2.25. The minimum Gasteiger partial charge on any atom is -0.352 e. The Balaban J connectivity index is 1.30. The van der Waals surface area contributed by atoms with E-state index < -0.39 is 0 Å². The summed E-state index contributed by atoms with van der Waals surface area (Å²) >= 11 is 0. The number of rotatable bonds is 2. The van der Waals surface area contributed by atoms with Crippen molar-refractivity contribution in [1.29, 1.82) is 0 Å². The first-order chi connectivity index (χ1) is 16.3. The Hall–Kier alpha value is -4.04. The molecular formula is C31H24N2. The maximum absolute atomic E-state index is 2.53. The van der Waals surface area contributed by atoms with E-state index in [2.05, 4.69) is 119 Å². The maximum atomic E-state index is 2.53. The van der Waals surface area contributed by atoms with Crippen LogP contribution in [0.3, 0.4) is 0 Å². The maximum Gasteiger partial charge on any atom is 0.0904 e. The van der Waals surface area contributed by atoms with Gasteiger partial charge in [-0.05, 0) is 55.9 Å². The minimum absolute atomic E-state index is 0.901. The van der Waals surface area contributed by atoms with Crippen molar-refractivity contribution in [2.45, 2.75) is 0 Å². The molecule has 6 aromatic rings. The summed E-state index contributed by atoms with van der Waals surface area (Å²) in [5, 5.41) is 10.6. The van der Waals surface area contributed by atoms with Crippen molar-refractivity contribution < 1.29 is 0 Å². The molecule has 2 heteroatoms. The second-order valence-electron chi connectivity index (χ2n) is 9.02. The smallest absolute Gasteiger partial charge is 0.0904 e. The molecule has 1 aliphatic heterocycles. The molecule has 6 aromatic carbocycles. The van der Waals surface area contributed by atoms with Crippen LogP contribution >= 0.6 is 0 Å². The highest BCUT2D eigenvalue weighted by atomic mass is 15.4. The lowest BCUT2D eigenvalue weighted by atomic mass is 10.00. The largest absolute Gasteiger partial charge is 0.352 e. The molecule has 1 aliphatic rings. The van der Waals surface area contributed by atoms with Crippen LogP contribution in [-0.4, -0.2) is 19.8 Å². The molecule has 2 nitrogen and oxygen atoms in total. The van der Waals surface area contributed by atoms with Crippen LogP contribution in [0.4, 0.5) is 11.4 Å². The third-order valence-corrected chi connectivity index (χ3v) is 7.16. The van der Waals surface area contributed by atoms with E-state index in [0.717, 1.165) is 19.8 Å². The van der Waals surface area contributed by atoms with E-state index in [-0.39, 0.29) is 0 Å². The molecule has 0 N–H and O–H groups in total. The number of hydrogen-bond donors (Lipinski definition) is 0. The fraction of sp³-hybridized carbons (Fsp3) is 0.0968. The van der Waals surface area contributed by atoms with E-state index in [9.17, 15) is 0 Å². The van der Waals surface area contributed by atoms with Gasteiger partial charge in [0, 0.05) is 29.9 Å². The summed E-state index contributed by atoms with van der Waals surface area (Å²) in [6, 6.07) is 40.0. The van der Waals surface area contributed by atoms with Gasteiger partial charge < -0.3 is 9.80 Å². The van der Waals surface area contributed by atoms with E-state index in [1.165, 1.54) is 54.5 Å². The SMILES string of the molecule is c1ccc2c(c1)ccc1ccc(N3CCN(c4cccc5ccc6ccccc6c45)C3)cc12. The van der Waals surface area contributed by atoms with E-state index in [4.69, 9.17) is 0 Å². The van der Waals surface area contributed by atoms with Crippen LogP contribution in [0.25, 0.3) is 43.1 Å². The molecule has 0 radical (unpaired) electrons. The fourth-order valence-corrected chi connectivity index (χ4v) is 5.49. The van der Waals surface area contributed by atoms with Gasteiger partial charge in [0.2, 0.25) is 0 Å². The van der Waals surface area contributed by atoms with Gasteiger partial charge in [0.25, 0.3) is 0 Å². The molecule has 0 saturated carbocycles. The average molecular weight is 425 g/mol. The molecule has 1 saturated heterocycles. The van der Waals surface area contributed by atoms with E-state index in [0.29, 0.717) is 0 Å². The summed E-state index contributed by atoms with van der Waals surface area (Å²) in [6.45, 7) is 2.95. The van der Waals surface area contributed by atoms with Gasteiger partial charge in [0.1, 0.15) is 0 Å². The van der Waals surface area contributed by atoms with Crippen molar-refractivity contribution in [1.82, 2.24) is 0 Å². The second-order valence-corrected chi connectivity index (χ2v) is 9.02. The molecule has 0 unspecified atom stereocenters. The Labute approximate surface area is 193 Å². The van der Waals surface area contributed by atoms with Crippen LogP contribution in [0.15, 0.2) is 109 Å². The Bertz CT molecular complexity index is 1670. The molecule has 0 spiro atoms. The molecule has 0 atom stereocenters. The topological polar surface area (TPSA) is 6.48 Å². The van der Waals surface area contributed by atoms with Crippen molar-refractivity contribution >= 4 is 54.5 Å². The highest BCUT2D eigenvalue weighted by molar-refractivity contribution is 6.13. The van der Waals surface area contributed by atoms with Crippen LogP contribution in [-0.2, 0) is 0 Å². The average Bonchev–Trinajstić information content (AvgIpc) is 3.38. The molecule has 0 amide bonds. The molecular weight excluding hydrogens is 400 g/mol. The van der Waals surface area contributed by atoms with Gasteiger partial charge in [-0.2, -0.15) is 0 Å². The molecule has 33 heavy (non-hydrogen) atoms. The molecule has 0 aliphatic carbocycles. The molecule has 0 bridgehead atoms. The van der Waals surface area contributed by atoms with Crippen LogP contribution < -0.4 is 9.80 Å². The zero-order chi connectivity index (χ0) is 21.8. The van der Waals surface area contributed by atoms with Gasteiger partial charge >= 0.3 is 0 Å². The second kappa shape index (κ2) is 7.25. The highest BCUT2D eigenvalue weighted by Crippen LogP contribution is 2.36. The molecule has 1 fully saturated rings. The lowest BCUT2D eigenvalue weighted by Gasteiger charge is -2.23. The van der Waals surface area contributed by atoms with Gasteiger partial charge in [-0.15, -0.1) is 0 Å². The molecule has 0 aromatic heterocycles. The number of anilines is 2. The Morgan fingerprint density at radius 1 is 0.455 bits per heavy atom. The summed E-state index contributed by atoms with van der Waals surface area (Å²) in [7, 11) is 0. The number of hydrogen-bond acceptors (Lipinski definition) is 2. The standard InChI is InChI=1S/C31H24N2/c1-3-9-27-22(6-1)12-13-24-16-17-26(20-29(24)27)32-18-19-33(21-32)30-11-5-8-25-15-14-23-7-2-4-10-28(23)31(25)30/h1-17,20H,18-19,21H2. The van der Waals surface area contributed by atoms with Gasteiger partial charge in [-0.25, -0.2) is 0 Å². The van der Waals surface area contributed by atoms with E-state index in [1.807, 2.05) is 0 Å². The Morgan fingerprint density at radius 2 is 1.06 bits per heavy atom. The first kappa shape index (κ1) is 18.5. The molecule has 158 valence electrons. The predicted molar refractivity (Wildman–Crippen MR) is 142 cm³/mol. The monoisotopic (exact) mass is 424 g/mol. The number of benzene rings is 6.